The van der Waals surface area contributed by atoms with Gasteiger partial charge in [-0.15, -0.1) is 0 Å². The molecular formula is C13H16ClNO4. The molecule has 0 aliphatic carbocycles. The van der Waals surface area contributed by atoms with Gasteiger partial charge in [0.25, 0.3) is 5.91 Å². The van der Waals surface area contributed by atoms with Crippen LogP contribution in [0.3, 0.4) is 0 Å². The quantitative estimate of drug-likeness (QED) is 0.757. The number of phenols is 1. The molecule has 1 aliphatic heterocycles. The summed E-state index contributed by atoms with van der Waals surface area (Å²) < 4.78 is 0. The molecule has 104 valence electrons. The minimum atomic E-state index is -1.23. The molecule has 1 aromatic rings. The number of carbonyl (C=O) groups is 1. The highest BCUT2D eigenvalue weighted by Gasteiger charge is 2.34. The molecular weight excluding hydrogens is 270 g/mol. The number of piperidine rings is 1. The van der Waals surface area contributed by atoms with Gasteiger partial charge in [-0.2, -0.15) is 0 Å². The van der Waals surface area contributed by atoms with E-state index in [1.165, 1.54) is 23.1 Å². The second-order valence-electron chi connectivity index (χ2n) is 4.88. The van der Waals surface area contributed by atoms with Gasteiger partial charge in [-0.1, -0.05) is 11.6 Å². The number of phenolic OH excluding ortho intramolecular Hbond substituents is 1. The first kappa shape index (κ1) is 14.1. The van der Waals surface area contributed by atoms with Gasteiger partial charge in [0.2, 0.25) is 0 Å². The lowest BCUT2D eigenvalue weighted by Gasteiger charge is -2.38. The SMILES string of the molecule is O=C(c1ccc(O)c(Cl)c1)N1CCC[C@](O)(CO)C1. The number of rotatable bonds is 2. The van der Waals surface area contributed by atoms with Crippen molar-refractivity contribution in [3.63, 3.8) is 0 Å². The van der Waals surface area contributed by atoms with Crippen LogP contribution < -0.4 is 0 Å². The topological polar surface area (TPSA) is 81.0 Å². The molecule has 6 heteroatoms. The van der Waals surface area contributed by atoms with E-state index in [2.05, 4.69) is 0 Å². The van der Waals surface area contributed by atoms with E-state index in [1.54, 1.807) is 0 Å². The Balaban J connectivity index is 2.17. The van der Waals surface area contributed by atoms with Gasteiger partial charge in [-0.05, 0) is 31.0 Å². The number of aromatic hydroxyl groups is 1. The third kappa shape index (κ3) is 3.00. The molecule has 1 aliphatic rings. The van der Waals surface area contributed by atoms with Crippen LogP contribution in [-0.2, 0) is 0 Å². The van der Waals surface area contributed by atoms with E-state index in [0.717, 1.165) is 0 Å². The highest BCUT2D eigenvalue weighted by Crippen LogP contribution is 2.26. The molecule has 0 radical (unpaired) electrons. The van der Waals surface area contributed by atoms with Gasteiger partial charge in [0.05, 0.1) is 18.2 Å². The van der Waals surface area contributed by atoms with E-state index in [-0.39, 0.29) is 29.8 Å². The maximum atomic E-state index is 12.3. The third-order valence-electron chi connectivity index (χ3n) is 3.33. The number of halogens is 1. The summed E-state index contributed by atoms with van der Waals surface area (Å²) in [5.74, 6) is -0.350. The van der Waals surface area contributed by atoms with Crippen molar-refractivity contribution in [1.82, 2.24) is 4.90 Å². The van der Waals surface area contributed by atoms with Crippen molar-refractivity contribution >= 4 is 17.5 Å². The van der Waals surface area contributed by atoms with E-state index < -0.39 is 5.60 Å². The van der Waals surface area contributed by atoms with E-state index in [9.17, 15) is 15.0 Å². The Labute approximate surface area is 116 Å². The molecule has 1 fully saturated rings. The van der Waals surface area contributed by atoms with Gasteiger partial charge in [0, 0.05) is 12.1 Å². The van der Waals surface area contributed by atoms with Crippen LogP contribution in [-0.4, -0.2) is 51.4 Å². The van der Waals surface area contributed by atoms with Crippen LogP contribution in [0.15, 0.2) is 18.2 Å². The summed E-state index contributed by atoms with van der Waals surface area (Å²) in [6, 6.07) is 4.24. The van der Waals surface area contributed by atoms with Crippen LogP contribution >= 0.6 is 11.6 Å². The van der Waals surface area contributed by atoms with Crippen molar-refractivity contribution in [3.05, 3.63) is 28.8 Å². The molecule has 0 bridgehead atoms. The van der Waals surface area contributed by atoms with Gasteiger partial charge in [-0.3, -0.25) is 4.79 Å². The van der Waals surface area contributed by atoms with Crippen LogP contribution in [0.5, 0.6) is 5.75 Å². The first-order valence-electron chi connectivity index (χ1n) is 6.06. The van der Waals surface area contributed by atoms with Gasteiger partial charge in [-0.25, -0.2) is 0 Å². The van der Waals surface area contributed by atoms with Crippen LogP contribution in [0, 0.1) is 0 Å². The standard InChI is InChI=1S/C13H16ClNO4/c14-10-6-9(2-3-11(10)17)12(18)15-5-1-4-13(19,7-15)8-16/h2-3,6,16-17,19H,1,4-5,7-8H2/t13-/m1/s1. The van der Waals surface area contributed by atoms with Crippen molar-refractivity contribution in [1.29, 1.82) is 0 Å². The van der Waals surface area contributed by atoms with E-state index in [4.69, 9.17) is 16.7 Å². The predicted molar refractivity (Wildman–Crippen MR) is 70.3 cm³/mol. The Morgan fingerprint density at radius 3 is 2.84 bits per heavy atom. The molecule has 19 heavy (non-hydrogen) atoms. The number of β-amino-alcohol motifs (C(OH)–C–C–N with tert-alkyl or cyclic N) is 1. The molecule has 1 atom stereocenters. The molecule has 1 saturated heterocycles. The minimum absolute atomic E-state index is 0.0799. The lowest BCUT2D eigenvalue weighted by molar-refractivity contribution is -0.0598. The average molecular weight is 286 g/mol. The molecule has 3 N–H and O–H groups in total. The third-order valence-corrected chi connectivity index (χ3v) is 3.63. The summed E-state index contributed by atoms with van der Waals surface area (Å²) in [4.78, 5) is 13.7. The smallest absolute Gasteiger partial charge is 0.254 e. The highest BCUT2D eigenvalue weighted by atomic mass is 35.5. The number of aliphatic hydroxyl groups is 2. The van der Waals surface area contributed by atoms with Crippen molar-refractivity contribution in [3.8, 4) is 5.75 Å². The number of hydrogen-bond acceptors (Lipinski definition) is 4. The largest absolute Gasteiger partial charge is 0.506 e. The highest BCUT2D eigenvalue weighted by molar-refractivity contribution is 6.32. The summed E-state index contributed by atoms with van der Waals surface area (Å²) in [6.45, 7) is 0.258. The molecule has 5 nitrogen and oxygen atoms in total. The molecule has 0 spiro atoms. The molecule has 1 heterocycles. The molecule has 2 rings (SSSR count). The zero-order valence-corrected chi connectivity index (χ0v) is 11.1. The molecule has 0 aromatic heterocycles. The number of carbonyl (C=O) groups excluding carboxylic acids is 1. The van der Waals surface area contributed by atoms with E-state index >= 15 is 0 Å². The van der Waals surface area contributed by atoms with E-state index in [1.807, 2.05) is 0 Å². The first-order chi connectivity index (χ1) is 8.95. The van der Waals surface area contributed by atoms with Crippen molar-refractivity contribution < 1.29 is 20.1 Å². The van der Waals surface area contributed by atoms with Gasteiger partial charge in [0.1, 0.15) is 11.4 Å². The summed E-state index contributed by atoms with van der Waals surface area (Å²) in [7, 11) is 0. The fourth-order valence-corrected chi connectivity index (χ4v) is 2.42. The first-order valence-corrected chi connectivity index (χ1v) is 6.44. The Morgan fingerprint density at radius 2 is 2.21 bits per heavy atom. The maximum Gasteiger partial charge on any atom is 0.254 e. The number of hydrogen-bond donors (Lipinski definition) is 3. The number of amides is 1. The fourth-order valence-electron chi connectivity index (χ4n) is 2.24. The van der Waals surface area contributed by atoms with E-state index in [0.29, 0.717) is 24.9 Å². The molecule has 1 aromatic carbocycles. The number of nitrogens with zero attached hydrogens (tertiary/aromatic N) is 1. The summed E-state index contributed by atoms with van der Waals surface area (Å²) in [6.07, 6.45) is 1.11. The minimum Gasteiger partial charge on any atom is -0.506 e. The Hall–Kier alpha value is -1.30. The fraction of sp³-hybridized carbons (Fsp3) is 0.462. The van der Waals surface area contributed by atoms with Crippen molar-refractivity contribution in [2.75, 3.05) is 19.7 Å². The zero-order chi connectivity index (χ0) is 14.0. The number of benzene rings is 1. The summed E-state index contributed by atoms with van der Waals surface area (Å²) in [5.41, 5.74) is -0.876. The van der Waals surface area contributed by atoms with Crippen LogP contribution in [0.4, 0.5) is 0 Å². The summed E-state index contributed by atoms with van der Waals surface area (Å²) >= 11 is 5.77. The Kier molecular flexibility index (Phi) is 3.99. The number of aliphatic hydroxyl groups excluding tert-OH is 1. The average Bonchev–Trinajstić information content (AvgIpc) is 2.41. The second-order valence-corrected chi connectivity index (χ2v) is 5.29. The van der Waals surface area contributed by atoms with Gasteiger partial charge >= 0.3 is 0 Å². The normalized spacial score (nSPS) is 23.4. The summed E-state index contributed by atoms with van der Waals surface area (Å²) in [5, 5.41) is 28.6. The van der Waals surface area contributed by atoms with Crippen molar-refractivity contribution in [2.45, 2.75) is 18.4 Å². The van der Waals surface area contributed by atoms with Crippen LogP contribution in [0.2, 0.25) is 5.02 Å². The van der Waals surface area contributed by atoms with Gasteiger partial charge in [0.15, 0.2) is 0 Å². The second kappa shape index (κ2) is 5.36. The number of likely N-dealkylation sites (tertiary alicyclic amines) is 1. The molecule has 1 amide bonds. The Morgan fingerprint density at radius 1 is 1.47 bits per heavy atom. The Bertz CT molecular complexity index is 494. The van der Waals surface area contributed by atoms with Crippen molar-refractivity contribution in [2.24, 2.45) is 0 Å². The van der Waals surface area contributed by atoms with Gasteiger partial charge < -0.3 is 20.2 Å². The molecule has 0 unspecified atom stereocenters. The molecule has 0 saturated carbocycles. The predicted octanol–water partition coefficient (Wildman–Crippen LogP) is 1.00. The monoisotopic (exact) mass is 285 g/mol. The maximum absolute atomic E-state index is 12.3. The van der Waals surface area contributed by atoms with Crippen LogP contribution in [0.25, 0.3) is 0 Å². The lowest BCUT2D eigenvalue weighted by atomic mass is 9.93. The lowest BCUT2D eigenvalue weighted by Crippen LogP contribution is -2.52. The van der Waals surface area contributed by atoms with Crippen LogP contribution in [0.1, 0.15) is 23.2 Å². The zero-order valence-electron chi connectivity index (χ0n) is 10.3.